The molecular weight excluding hydrogens is 369 g/mol. The third kappa shape index (κ3) is 6.75. The highest BCUT2D eigenvalue weighted by Crippen LogP contribution is 2.24. The molecule has 0 spiro atoms. The minimum absolute atomic E-state index is 0.0992. The van der Waals surface area contributed by atoms with Crippen LogP contribution in [0.25, 0.3) is 10.6 Å². The van der Waals surface area contributed by atoms with Gasteiger partial charge in [0.1, 0.15) is 18.1 Å². The van der Waals surface area contributed by atoms with E-state index in [4.69, 9.17) is 0 Å². The van der Waals surface area contributed by atoms with Crippen LogP contribution in [0.3, 0.4) is 0 Å². The number of rotatable bonds is 4. The van der Waals surface area contributed by atoms with E-state index >= 15 is 0 Å². The van der Waals surface area contributed by atoms with Gasteiger partial charge in [-0.25, -0.2) is 4.58 Å². The number of non-ortho nitro benzene ring substituents is 1. The Morgan fingerprint density at radius 3 is 2.29 bits per heavy atom. The summed E-state index contributed by atoms with van der Waals surface area (Å²) in [5.41, 5.74) is 0.899. The van der Waals surface area contributed by atoms with Gasteiger partial charge < -0.3 is 17.3 Å². The highest BCUT2D eigenvalue weighted by atomic mass is 32.2. The topological polar surface area (TPSA) is 59.0 Å². The number of nitro benzene ring substituents is 1. The number of benzene rings is 1. The average Bonchev–Trinajstić information content (AvgIpc) is 2.97. The van der Waals surface area contributed by atoms with E-state index in [0.29, 0.717) is 0 Å². The molecule has 0 saturated carbocycles. The zero-order valence-corrected chi connectivity index (χ0v) is 14.4. The van der Waals surface area contributed by atoms with Crippen LogP contribution in [0.5, 0.6) is 0 Å². The largest absolute Gasteiger partial charge is 0.673 e. The van der Waals surface area contributed by atoms with Crippen molar-refractivity contribution in [2.24, 2.45) is 0 Å². The summed E-state index contributed by atoms with van der Waals surface area (Å²) in [5, 5.41) is 11.6. The summed E-state index contributed by atoms with van der Waals surface area (Å²) >= 11 is 3.01. The van der Waals surface area contributed by atoms with Crippen molar-refractivity contribution in [3.05, 3.63) is 38.4 Å². The summed E-state index contributed by atoms with van der Waals surface area (Å²) in [7, 11) is -6.00. The van der Waals surface area contributed by atoms with Gasteiger partial charge in [-0.05, 0) is 25.2 Å². The highest BCUT2D eigenvalue weighted by molar-refractivity contribution is 7.25. The summed E-state index contributed by atoms with van der Waals surface area (Å²) in [6.07, 6.45) is 0. The number of aromatic nitrogens is 1. The van der Waals surface area contributed by atoms with Crippen molar-refractivity contribution in [1.29, 1.82) is 0 Å². The quantitative estimate of drug-likeness (QED) is 0.265. The van der Waals surface area contributed by atoms with Crippen LogP contribution in [0.4, 0.5) is 23.0 Å². The van der Waals surface area contributed by atoms with E-state index in [1.807, 2.05) is 6.07 Å². The van der Waals surface area contributed by atoms with Crippen molar-refractivity contribution < 1.29 is 22.2 Å². The van der Waals surface area contributed by atoms with E-state index in [2.05, 4.69) is 22.8 Å². The van der Waals surface area contributed by atoms with Gasteiger partial charge in [-0.3, -0.25) is 10.1 Å². The lowest BCUT2D eigenvalue weighted by molar-refractivity contribution is -0.384. The van der Waals surface area contributed by atoms with Crippen molar-refractivity contribution >= 4 is 35.8 Å². The SMILES string of the molecule is CC[N+](CC)=c1snc(-c2cccc([N+](=O)[O-])c2)s1.F[B-](F)(F)F. The fourth-order valence-electron chi connectivity index (χ4n) is 1.67. The molecule has 0 amide bonds. The predicted molar refractivity (Wildman–Crippen MR) is 88.6 cm³/mol. The van der Waals surface area contributed by atoms with Gasteiger partial charge in [0.25, 0.3) is 5.69 Å². The zero-order valence-electron chi connectivity index (χ0n) is 12.8. The Labute approximate surface area is 143 Å². The van der Waals surface area contributed by atoms with Gasteiger partial charge in [-0.2, -0.15) is 4.37 Å². The zero-order chi connectivity index (χ0) is 18.3. The van der Waals surface area contributed by atoms with E-state index in [1.54, 1.807) is 23.5 Å². The molecule has 24 heavy (non-hydrogen) atoms. The molecule has 1 aromatic heterocycles. The molecule has 0 radical (unpaired) electrons. The maximum absolute atomic E-state index is 10.8. The monoisotopic (exact) mass is 383 g/mol. The van der Waals surface area contributed by atoms with E-state index in [0.717, 1.165) is 27.6 Å². The number of halogens is 4. The fraction of sp³-hybridized carbons (Fsp3) is 0.333. The van der Waals surface area contributed by atoms with Crippen molar-refractivity contribution in [3.63, 3.8) is 0 Å². The molecule has 2 aromatic rings. The van der Waals surface area contributed by atoms with E-state index in [9.17, 15) is 27.4 Å². The maximum atomic E-state index is 10.8. The molecule has 0 aliphatic heterocycles. The molecule has 0 aliphatic rings. The first-order valence-electron chi connectivity index (χ1n) is 6.82. The molecular formula is C12H14BF4N3O2S2. The lowest BCUT2D eigenvalue weighted by atomic mass is 10.2. The molecule has 0 N–H and O–H groups in total. The molecule has 0 aliphatic carbocycles. The molecule has 0 unspecified atom stereocenters. The van der Waals surface area contributed by atoms with Gasteiger partial charge in [-0.15, -0.1) is 0 Å². The number of hydrogen-bond donors (Lipinski definition) is 0. The van der Waals surface area contributed by atoms with E-state index in [1.165, 1.54) is 17.6 Å². The second-order valence-electron chi connectivity index (χ2n) is 4.33. The van der Waals surface area contributed by atoms with Gasteiger partial charge in [0.15, 0.2) is 0 Å². The van der Waals surface area contributed by atoms with Crippen LogP contribution in [-0.2, 0) is 0 Å². The van der Waals surface area contributed by atoms with Gasteiger partial charge in [0.05, 0.1) is 4.92 Å². The minimum Gasteiger partial charge on any atom is -0.418 e. The van der Waals surface area contributed by atoms with Crippen molar-refractivity contribution in [2.45, 2.75) is 13.8 Å². The molecule has 0 bridgehead atoms. The van der Waals surface area contributed by atoms with Gasteiger partial charge in [0, 0.05) is 29.2 Å². The molecule has 0 fully saturated rings. The molecule has 1 aromatic carbocycles. The molecule has 12 heteroatoms. The fourth-order valence-corrected chi connectivity index (χ4v) is 3.86. The molecule has 5 nitrogen and oxygen atoms in total. The Morgan fingerprint density at radius 1 is 1.21 bits per heavy atom. The maximum Gasteiger partial charge on any atom is 0.673 e. The highest BCUT2D eigenvalue weighted by Gasteiger charge is 2.20. The third-order valence-corrected chi connectivity index (χ3v) is 4.95. The Kier molecular flexibility index (Phi) is 7.48. The van der Waals surface area contributed by atoms with Crippen LogP contribution >= 0.6 is 22.9 Å². The Balaban J connectivity index is 0.000000505. The number of nitro groups is 1. The molecule has 132 valence electrons. The summed E-state index contributed by atoms with van der Waals surface area (Å²) in [6, 6.07) is 6.60. The second-order valence-corrected chi connectivity index (χ2v) is 6.32. The van der Waals surface area contributed by atoms with Crippen molar-refractivity contribution in [1.82, 2.24) is 8.95 Å². The van der Waals surface area contributed by atoms with Crippen LogP contribution in [0, 0.1) is 10.1 Å². The molecule has 1 heterocycles. The van der Waals surface area contributed by atoms with Crippen LogP contribution in [0.1, 0.15) is 13.8 Å². The summed E-state index contributed by atoms with van der Waals surface area (Å²) in [6.45, 7) is 6.07. The first-order valence-corrected chi connectivity index (χ1v) is 8.41. The summed E-state index contributed by atoms with van der Waals surface area (Å²) < 4.78 is 46.8. The number of nitrogens with zero attached hydrogens (tertiary/aromatic N) is 3. The van der Waals surface area contributed by atoms with Gasteiger partial charge in [-0.1, -0.05) is 12.1 Å². The smallest absolute Gasteiger partial charge is 0.418 e. The van der Waals surface area contributed by atoms with E-state index in [-0.39, 0.29) is 10.6 Å². The second kappa shape index (κ2) is 8.88. The van der Waals surface area contributed by atoms with Crippen molar-refractivity contribution in [3.8, 4) is 10.6 Å². The Bertz CT molecular complexity index is 749. The first-order chi connectivity index (χ1) is 11.2. The Morgan fingerprint density at radius 2 is 1.79 bits per heavy atom. The third-order valence-electron chi connectivity index (χ3n) is 2.72. The minimum atomic E-state index is -6.00. The first kappa shape index (κ1) is 20.2. The van der Waals surface area contributed by atoms with Gasteiger partial charge >= 0.3 is 11.2 Å². The molecule has 0 saturated heterocycles. The molecule has 0 atom stereocenters. The lowest BCUT2D eigenvalue weighted by Crippen LogP contribution is -2.25. The standard InChI is InChI=1S/C12H14N3O2S2.BF4/c1-3-14(4-2)12-18-11(13-19-12)9-6-5-7-10(8-9)15(16)17;2-1(3,4)5/h5-8H,3-4H2,1-2H3;/q+1;-1. The summed E-state index contributed by atoms with van der Waals surface area (Å²) in [5.74, 6) is 0. The lowest BCUT2D eigenvalue weighted by Gasteiger charge is -1.94. The van der Waals surface area contributed by atoms with Crippen LogP contribution in [0.2, 0.25) is 0 Å². The van der Waals surface area contributed by atoms with E-state index < -0.39 is 7.25 Å². The normalized spacial score (nSPS) is 10.8. The Hall–Kier alpha value is -1.82. The molecule has 2 rings (SSSR count). The summed E-state index contributed by atoms with van der Waals surface area (Å²) in [4.78, 5) is 10.4. The average molecular weight is 383 g/mol. The van der Waals surface area contributed by atoms with Crippen molar-refractivity contribution in [2.75, 3.05) is 13.1 Å². The van der Waals surface area contributed by atoms with Crippen LogP contribution in [-0.4, -0.2) is 29.6 Å². The van der Waals surface area contributed by atoms with Crippen LogP contribution < -0.4 is 8.56 Å². The predicted octanol–water partition coefficient (Wildman–Crippen LogP) is 3.89. The number of hydrogen-bond acceptors (Lipinski definition) is 5. The van der Waals surface area contributed by atoms with Crippen LogP contribution in [0.15, 0.2) is 24.3 Å². The van der Waals surface area contributed by atoms with Gasteiger partial charge in [0.2, 0.25) is 0 Å².